The van der Waals surface area contributed by atoms with E-state index in [9.17, 15) is 39.0 Å². The molecule has 2 aromatic carbocycles. The highest BCUT2D eigenvalue weighted by molar-refractivity contribution is 6.32. The molecule has 3 aliphatic rings. The number of hydrogen-bond acceptors (Lipinski definition) is 10. The summed E-state index contributed by atoms with van der Waals surface area (Å²) in [5, 5.41) is 22.5. The van der Waals surface area contributed by atoms with Gasteiger partial charge in [-0.1, -0.05) is 37.3 Å². The quantitative estimate of drug-likeness (QED) is 0.362. The van der Waals surface area contributed by atoms with Crippen LogP contribution in [0, 0.1) is 23.7 Å². The van der Waals surface area contributed by atoms with Gasteiger partial charge in [-0.15, -0.1) is 0 Å². The van der Waals surface area contributed by atoms with Crippen molar-refractivity contribution in [3.8, 4) is 16.9 Å². The maximum Gasteiger partial charge on any atom is 0.235 e. The highest BCUT2D eigenvalue weighted by Crippen LogP contribution is 2.51. The smallest absolute Gasteiger partial charge is 0.235 e. The monoisotopic (exact) mass is 603 g/mol. The summed E-state index contributed by atoms with van der Waals surface area (Å²) >= 11 is 0. The largest absolute Gasteiger partial charge is 0.507 e. The fourth-order valence-corrected chi connectivity index (χ4v) is 7.37. The number of rotatable bonds is 8. The van der Waals surface area contributed by atoms with Crippen molar-refractivity contribution in [2.24, 2.45) is 29.4 Å². The number of primary amides is 1. The number of fused-ring (bicyclic) bond motifs is 3. The average Bonchev–Trinajstić information content (AvgIpc) is 2.95. The Morgan fingerprint density at radius 3 is 2.25 bits per heavy atom. The van der Waals surface area contributed by atoms with Crippen molar-refractivity contribution in [2.75, 3.05) is 34.2 Å². The molecule has 0 spiro atoms. The van der Waals surface area contributed by atoms with Gasteiger partial charge in [0.15, 0.2) is 40.4 Å². The zero-order valence-electron chi connectivity index (χ0n) is 25.2. The lowest BCUT2D eigenvalue weighted by molar-refractivity contribution is -0.181. The summed E-state index contributed by atoms with van der Waals surface area (Å²) in [5.41, 5.74) is 5.31. The summed E-state index contributed by atoms with van der Waals surface area (Å²) in [6.07, 6.45) is 0.416. The number of aromatic hydroxyl groups is 1. The van der Waals surface area contributed by atoms with Gasteiger partial charge in [-0.2, -0.15) is 0 Å². The molecule has 1 amide bonds. The lowest BCUT2D eigenvalue weighted by atomic mass is 9.52. The number of likely N-dealkylation sites (N-methyl/N-ethyl adjacent to an activating group) is 2. The maximum atomic E-state index is 14.0. The Bertz CT molecular complexity index is 1580. The number of aliphatic hydroxyl groups is 1. The van der Waals surface area contributed by atoms with E-state index in [-0.39, 0.29) is 36.4 Å². The number of carbonyl (C=O) groups excluding carboxylic acids is 6. The van der Waals surface area contributed by atoms with Crippen LogP contribution < -0.4 is 5.73 Å². The molecule has 3 aliphatic carbocycles. The van der Waals surface area contributed by atoms with E-state index in [1.54, 1.807) is 20.2 Å². The summed E-state index contributed by atoms with van der Waals surface area (Å²) in [5.74, 6) is -10.7. The molecule has 0 aromatic heterocycles. The predicted octanol–water partition coefficient (Wildman–Crippen LogP) is 0.597. The Labute approximate surface area is 255 Å². The van der Waals surface area contributed by atoms with Gasteiger partial charge < -0.3 is 15.9 Å². The summed E-state index contributed by atoms with van der Waals surface area (Å²) < 4.78 is 0. The molecule has 2 fully saturated rings. The minimum atomic E-state index is -2.76. The molecule has 0 saturated heterocycles. The van der Waals surface area contributed by atoms with Crippen molar-refractivity contribution in [1.82, 2.24) is 9.80 Å². The number of benzene rings is 2. The van der Waals surface area contributed by atoms with Gasteiger partial charge in [-0.3, -0.25) is 38.6 Å². The standard InChI is InChI=1S/C33H37N3O8/c1-5-36(4)15-19(37)12-16-6-8-17(9-7-16)20-10-11-23(38)25-21(20)13-18-14-22-27(35(2)3)29(40)26(32(34)43)31(42)33(22,44)30(41)24(18)28(25)39/h6-11,18,22,24,26-27,38,44H,5,12-15H2,1-4H3,(H2,34,43). The number of nitrogens with two attached hydrogens (primary N) is 1. The number of hydrogen-bond donors (Lipinski definition) is 3. The third kappa shape index (κ3) is 4.89. The molecule has 11 nitrogen and oxygen atoms in total. The van der Waals surface area contributed by atoms with Crippen LogP contribution in [0.5, 0.6) is 5.75 Å². The summed E-state index contributed by atoms with van der Waals surface area (Å²) in [6, 6.07) is 9.25. The third-order valence-corrected chi connectivity index (χ3v) is 9.60. The van der Waals surface area contributed by atoms with Gasteiger partial charge in [0.05, 0.1) is 24.1 Å². The molecular weight excluding hydrogens is 566 g/mol. The molecule has 6 unspecified atom stereocenters. The number of phenols is 1. The first-order valence-electron chi connectivity index (χ1n) is 14.7. The molecule has 11 heteroatoms. The van der Waals surface area contributed by atoms with Crippen molar-refractivity contribution in [3.63, 3.8) is 0 Å². The van der Waals surface area contributed by atoms with Crippen LogP contribution >= 0.6 is 0 Å². The molecule has 4 N–H and O–H groups in total. The number of carbonyl (C=O) groups is 6. The summed E-state index contributed by atoms with van der Waals surface area (Å²) in [6.45, 7) is 3.09. The second kappa shape index (κ2) is 11.5. The van der Waals surface area contributed by atoms with Crippen molar-refractivity contribution in [2.45, 2.75) is 37.8 Å². The normalized spacial score (nSPS) is 28.1. The fourth-order valence-electron chi connectivity index (χ4n) is 7.37. The summed E-state index contributed by atoms with van der Waals surface area (Å²) in [4.78, 5) is 82.6. The first-order chi connectivity index (χ1) is 20.7. The minimum absolute atomic E-state index is 0.0216. The molecule has 2 aromatic rings. The first-order valence-corrected chi connectivity index (χ1v) is 14.7. The van der Waals surface area contributed by atoms with Crippen LogP contribution in [0.2, 0.25) is 0 Å². The number of phenolic OH excluding ortho intramolecular Hbond substituents is 1. The molecule has 0 aliphatic heterocycles. The van der Waals surface area contributed by atoms with Crippen LogP contribution in [0.25, 0.3) is 11.1 Å². The Morgan fingerprint density at radius 2 is 1.66 bits per heavy atom. The average molecular weight is 604 g/mol. The zero-order valence-corrected chi connectivity index (χ0v) is 25.2. The van der Waals surface area contributed by atoms with Gasteiger partial charge in [0, 0.05) is 12.3 Å². The summed E-state index contributed by atoms with van der Waals surface area (Å²) in [7, 11) is 4.97. The second-order valence-electron chi connectivity index (χ2n) is 12.5. The van der Waals surface area contributed by atoms with E-state index >= 15 is 0 Å². The van der Waals surface area contributed by atoms with E-state index in [0.29, 0.717) is 17.7 Å². The molecule has 2 saturated carbocycles. The Kier molecular flexibility index (Phi) is 8.17. The highest BCUT2D eigenvalue weighted by Gasteiger charge is 2.69. The number of amides is 1. The molecule has 0 heterocycles. The van der Waals surface area contributed by atoms with E-state index < -0.39 is 64.4 Å². The van der Waals surface area contributed by atoms with Gasteiger partial charge in [-0.05, 0) is 74.8 Å². The zero-order chi connectivity index (χ0) is 32.2. The van der Waals surface area contributed by atoms with E-state index in [0.717, 1.165) is 17.7 Å². The second-order valence-corrected chi connectivity index (χ2v) is 12.5. The van der Waals surface area contributed by atoms with Crippen LogP contribution in [-0.2, 0) is 36.8 Å². The lowest BCUT2D eigenvalue weighted by Crippen LogP contribution is -2.74. The van der Waals surface area contributed by atoms with E-state index in [1.165, 1.54) is 11.0 Å². The highest BCUT2D eigenvalue weighted by atomic mass is 16.3. The van der Waals surface area contributed by atoms with Crippen molar-refractivity contribution in [3.05, 3.63) is 53.1 Å². The molecule has 44 heavy (non-hydrogen) atoms. The number of nitrogens with zero attached hydrogens (tertiary/aromatic N) is 2. The van der Waals surface area contributed by atoms with Gasteiger partial charge in [0.25, 0.3) is 0 Å². The first kappa shape index (κ1) is 31.4. The number of Topliss-reactive ketones (excluding diaryl/α,β-unsaturated/α-hetero) is 5. The Morgan fingerprint density at radius 1 is 1.00 bits per heavy atom. The van der Waals surface area contributed by atoms with Gasteiger partial charge in [-0.25, -0.2) is 0 Å². The lowest BCUT2D eigenvalue weighted by Gasteiger charge is -2.52. The van der Waals surface area contributed by atoms with Crippen LogP contribution in [0.3, 0.4) is 0 Å². The third-order valence-electron chi connectivity index (χ3n) is 9.60. The molecule has 0 bridgehead atoms. The van der Waals surface area contributed by atoms with Gasteiger partial charge in [0.2, 0.25) is 5.91 Å². The van der Waals surface area contributed by atoms with Crippen molar-refractivity contribution < 1.29 is 39.0 Å². The molecule has 5 rings (SSSR count). The minimum Gasteiger partial charge on any atom is -0.507 e. The topological polar surface area (TPSA) is 175 Å². The molecule has 232 valence electrons. The maximum absolute atomic E-state index is 14.0. The Balaban J connectivity index is 1.52. The van der Waals surface area contributed by atoms with Crippen LogP contribution in [0.4, 0.5) is 0 Å². The fraction of sp³-hybridized carbons (Fsp3) is 0.455. The van der Waals surface area contributed by atoms with Gasteiger partial charge >= 0.3 is 0 Å². The van der Waals surface area contributed by atoms with Crippen LogP contribution in [0.15, 0.2) is 36.4 Å². The van der Waals surface area contributed by atoms with Crippen molar-refractivity contribution in [1.29, 1.82) is 0 Å². The van der Waals surface area contributed by atoms with E-state index in [2.05, 4.69) is 0 Å². The van der Waals surface area contributed by atoms with E-state index in [1.807, 2.05) is 43.1 Å². The number of ketones is 5. The molecule has 6 atom stereocenters. The van der Waals surface area contributed by atoms with E-state index in [4.69, 9.17) is 5.73 Å². The van der Waals surface area contributed by atoms with Crippen molar-refractivity contribution >= 4 is 34.8 Å². The SMILES string of the molecule is CCN(C)CC(=O)Cc1ccc(-c2ccc(O)c3c2CC2CC4C(N(C)C)C(=O)C(C(N)=O)C(=O)C4(O)C(=O)C2C3=O)cc1. The van der Waals surface area contributed by atoms with Gasteiger partial charge in [0.1, 0.15) is 5.75 Å². The Hall–Kier alpha value is -4.06. The van der Waals surface area contributed by atoms with Crippen LogP contribution in [-0.4, -0.2) is 101 Å². The molecule has 0 radical (unpaired) electrons. The predicted molar refractivity (Wildman–Crippen MR) is 159 cm³/mol. The van der Waals surface area contributed by atoms with Crippen LogP contribution in [0.1, 0.15) is 34.8 Å². The molecular formula is C33H37N3O8.